The van der Waals surface area contributed by atoms with Crippen LogP contribution in [0.4, 0.5) is 0 Å². The zero-order valence-electron chi connectivity index (χ0n) is 12.7. The van der Waals surface area contributed by atoms with Gasteiger partial charge in [0.1, 0.15) is 5.01 Å². The molecule has 1 aliphatic heterocycles. The van der Waals surface area contributed by atoms with E-state index in [0.29, 0.717) is 19.6 Å². The minimum absolute atomic E-state index is 0. The topological polar surface area (TPSA) is 63.2 Å². The molecule has 23 heavy (non-hydrogen) atoms. The monoisotopic (exact) mass is 353 g/mol. The van der Waals surface area contributed by atoms with E-state index >= 15 is 0 Å². The van der Waals surface area contributed by atoms with Gasteiger partial charge in [0.05, 0.1) is 25.5 Å². The minimum atomic E-state index is 0. The van der Waals surface area contributed by atoms with Crippen LogP contribution in [0.5, 0.6) is 0 Å². The van der Waals surface area contributed by atoms with Gasteiger partial charge in [0.25, 0.3) is 0 Å². The van der Waals surface area contributed by atoms with Gasteiger partial charge in [-0.05, 0) is 0 Å². The van der Waals surface area contributed by atoms with Crippen molar-refractivity contribution in [3.63, 3.8) is 0 Å². The highest BCUT2D eigenvalue weighted by Crippen LogP contribution is 2.23. The van der Waals surface area contributed by atoms with Crippen molar-refractivity contribution >= 4 is 29.7 Å². The Kier molecular flexibility index (Phi) is 6.98. The predicted molar refractivity (Wildman–Crippen MR) is 93.9 cm³/mol. The molecule has 3 rings (SSSR count). The average molecular weight is 354 g/mol. The number of hydrogen-bond donors (Lipinski definition) is 2. The summed E-state index contributed by atoms with van der Waals surface area (Å²) < 4.78 is 5.34. The van der Waals surface area contributed by atoms with Crippen LogP contribution in [-0.2, 0) is 16.1 Å². The number of aromatic nitrogens is 1. The van der Waals surface area contributed by atoms with Gasteiger partial charge in [-0.15, -0.1) is 23.7 Å². The third kappa shape index (κ3) is 5.28. The maximum absolute atomic E-state index is 11.9. The Morgan fingerprint density at radius 2 is 2.22 bits per heavy atom. The van der Waals surface area contributed by atoms with Crippen molar-refractivity contribution in [2.24, 2.45) is 0 Å². The fourth-order valence-corrected chi connectivity index (χ4v) is 3.16. The van der Waals surface area contributed by atoms with Crippen LogP contribution in [0, 0.1) is 0 Å². The lowest BCUT2D eigenvalue weighted by Gasteiger charge is -2.23. The molecule has 2 heterocycles. The Morgan fingerprint density at radius 3 is 2.96 bits per heavy atom. The Balaban J connectivity index is 0.00000192. The summed E-state index contributed by atoms with van der Waals surface area (Å²) in [4.78, 5) is 16.5. The zero-order chi connectivity index (χ0) is 15.2. The lowest BCUT2D eigenvalue weighted by Crippen LogP contribution is -2.44. The van der Waals surface area contributed by atoms with Gasteiger partial charge in [0.15, 0.2) is 0 Å². The first-order valence-electron chi connectivity index (χ1n) is 7.39. The Hall–Kier alpha value is -1.47. The second-order valence-corrected chi connectivity index (χ2v) is 6.07. The van der Waals surface area contributed by atoms with E-state index in [4.69, 9.17) is 4.74 Å². The molecular weight excluding hydrogens is 334 g/mol. The molecule has 1 amide bonds. The lowest BCUT2D eigenvalue weighted by atomic mass is 10.2. The number of benzene rings is 1. The summed E-state index contributed by atoms with van der Waals surface area (Å²) in [5.41, 5.74) is 2.00. The molecule has 2 N–H and O–H groups in total. The van der Waals surface area contributed by atoms with Crippen LogP contribution >= 0.6 is 23.7 Å². The number of carbonyl (C=O) groups is 1. The van der Waals surface area contributed by atoms with E-state index < -0.39 is 0 Å². The molecule has 0 spiro atoms. The van der Waals surface area contributed by atoms with E-state index in [1.165, 1.54) is 0 Å². The van der Waals surface area contributed by atoms with Crippen molar-refractivity contribution in [3.05, 3.63) is 41.4 Å². The Bertz CT molecular complexity index is 615. The van der Waals surface area contributed by atoms with Gasteiger partial charge in [0, 0.05) is 30.0 Å². The Labute approximate surface area is 145 Å². The number of ether oxygens (including phenoxy) is 1. The summed E-state index contributed by atoms with van der Waals surface area (Å²) in [6.07, 6.45) is 0.440. The van der Waals surface area contributed by atoms with Crippen molar-refractivity contribution in [1.82, 2.24) is 15.6 Å². The van der Waals surface area contributed by atoms with Crippen LogP contribution in [0.3, 0.4) is 0 Å². The molecule has 1 fully saturated rings. The SMILES string of the molecule is Cl.O=C(CC1COCCN1)NCc1csc(-c2ccccc2)n1. The highest BCUT2D eigenvalue weighted by Gasteiger charge is 2.16. The molecule has 1 saturated heterocycles. The summed E-state index contributed by atoms with van der Waals surface area (Å²) in [5.74, 6) is 0.0252. The number of nitrogens with zero attached hydrogens (tertiary/aromatic N) is 1. The quantitative estimate of drug-likeness (QED) is 0.865. The number of hydrogen-bond acceptors (Lipinski definition) is 5. The highest BCUT2D eigenvalue weighted by molar-refractivity contribution is 7.13. The van der Waals surface area contributed by atoms with Crippen molar-refractivity contribution in [2.75, 3.05) is 19.8 Å². The highest BCUT2D eigenvalue weighted by atomic mass is 35.5. The summed E-state index contributed by atoms with van der Waals surface area (Å²) in [6.45, 7) is 2.60. The molecule has 0 radical (unpaired) electrons. The lowest BCUT2D eigenvalue weighted by molar-refractivity contribution is -0.122. The smallest absolute Gasteiger partial charge is 0.221 e. The standard InChI is InChI=1S/C16H19N3O2S.ClH/c20-15(8-13-10-21-7-6-17-13)18-9-14-11-22-16(19-14)12-4-2-1-3-5-12;/h1-5,11,13,17H,6-10H2,(H,18,20);1H. The molecule has 0 aliphatic carbocycles. The van der Waals surface area contributed by atoms with Crippen molar-refractivity contribution < 1.29 is 9.53 Å². The molecule has 5 nitrogen and oxygen atoms in total. The number of morpholine rings is 1. The molecule has 2 aromatic rings. The summed E-state index contributed by atoms with van der Waals surface area (Å²) in [5, 5.41) is 9.16. The molecule has 1 atom stereocenters. The van der Waals surface area contributed by atoms with Gasteiger partial charge in [0.2, 0.25) is 5.91 Å². The van der Waals surface area contributed by atoms with Gasteiger partial charge >= 0.3 is 0 Å². The maximum atomic E-state index is 11.9. The molecule has 124 valence electrons. The largest absolute Gasteiger partial charge is 0.378 e. The molecule has 1 aromatic carbocycles. The van der Waals surface area contributed by atoms with E-state index in [9.17, 15) is 4.79 Å². The first-order chi connectivity index (χ1) is 10.8. The van der Waals surface area contributed by atoms with E-state index in [1.807, 2.05) is 35.7 Å². The number of rotatable bonds is 5. The van der Waals surface area contributed by atoms with Crippen LogP contribution < -0.4 is 10.6 Å². The summed E-state index contributed by atoms with van der Waals surface area (Å²) >= 11 is 1.60. The summed E-state index contributed by atoms with van der Waals surface area (Å²) in [6, 6.07) is 10.2. The maximum Gasteiger partial charge on any atom is 0.221 e. The third-order valence-electron chi connectivity index (χ3n) is 3.47. The van der Waals surface area contributed by atoms with E-state index in [-0.39, 0.29) is 24.4 Å². The van der Waals surface area contributed by atoms with Crippen molar-refractivity contribution in [3.8, 4) is 10.6 Å². The zero-order valence-corrected chi connectivity index (χ0v) is 14.3. The van der Waals surface area contributed by atoms with E-state index in [0.717, 1.165) is 29.4 Å². The number of nitrogens with one attached hydrogen (secondary N) is 2. The van der Waals surface area contributed by atoms with Gasteiger partial charge in [-0.2, -0.15) is 0 Å². The van der Waals surface area contributed by atoms with Crippen LogP contribution in [-0.4, -0.2) is 36.7 Å². The van der Waals surface area contributed by atoms with Crippen LogP contribution in [0.25, 0.3) is 10.6 Å². The second-order valence-electron chi connectivity index (χ2n) is 5.22. The van der Waals surface area contributed by atoms with Crippen LogP contribution in [0.1, 0.15) is 12.1 Å². The first-order valence-corrected chi connectivity index (χ1v) is 8.27. The molecule has 1 unspecified atom stereocenters. The van der Waals surface area contributed by atoms with Crippen LogP contribution in [0.15, 0.2) is 35.7 Å². The Morgan fingerprint density at radius 1 is 1.39 bits per heavy atom. The van der Waals surface area contributed by atoms with Gasteiger partial charge < -0.3 is 15.4 Å². The van der Waals surface area contributed by atoms with Crippen LogP contribution in [0.2, 0.25) is 0 Å². The molecule has 1 aliphatic rings. The number of halogens is 1. The average Bonchev–Trinajstić information content (AvgIpc) is 3.04. The first kappa shape index (κ1) is 17.9. The van der Waals surface area contributed by atoms with Gasteiger partial charge in [-0.1, -0.05) is 30.3 Å². The fraction of sp³-hybridized carbons (Fsp3) is 0.375. The fourth-order valence-electron chi connectivity index (χ4n) is 2.34. The summed E-state index contributed by atoms with van der Waals surface area (Å²) in [7, 11) is 0. The number of amides is 1. The minimum Gasteiger partial charge on any atom is -0.378 e. The van der Waals surface area contributed by atoms with Gasteiger partial charge in [-0.25, -0.2) is 4.98 Å². The number of carbonyl (C=O) groups excluding carboxylic acids is 1. The van der Waals surface area contributed by atoms with Crippen molar-refractivity contribution in [1.29, 1.82) is 0 Å². The predicted octanol–water partition coefficient (Wildman–Crippen LogP) is 2.23. The second kappa shape index (κ2) is 8.98. The van der Waals surface area contributed by atoms with Crippen molar-refractivity contribution in [2.45, 2.75) is 19.0 Å². The molecule has 0 bridgehead atoms. The van der Waals surface area contributed by atoms with E-state index in [1.54, 1.807) is 11.3 Å². The molecule has 7 heteroatoms. The molecule has 0 saturated carbocycles. The molecule has 1 aromatic heterocycles. The third-order valence-corrected chi connectivity index (χ3v) is 4.41. The molecular formula is C16H20ClN3O2S. The number of thiazole rings is 1. The van der Waals surface area contributed by atoms with Gasteiger partial charge in [-0.3, -0.25) is 4.79 Å². The normalized spacial score (nSPS) is 17.3. The van der Waals surface area contributed by atoms with E-state index in [2.05, 4.69) is 15.6 Å².